The lowest BCUT2D eigenvalue weighted by Crippen LogP contribution is -2.40. The number of benzene rings is 1. The SMILES string of the molecule is CCS(=O)(=O)N1CCCC(c2cc(F)ccc2F)C1. The smallest absolute Gasteiger partial charge is 0.212 e. The van der Waals surface area contributed by atoms with Crippen molar-refractivity contribution in [1.82, 2.24) is 4.31 Å². The fourth-order valence-corrected chi connectivity index (χ4v) is 3.64. The van der Waals surface area contributed by atoms with Crippen LogP contribution >= 0.6 is 0 Å². The average molecular weight is 289 g/mol. The van der Waals surface area contributed by atoms with E-state index >= 15 is 0 Å². The van der Waals surface area contributed by atoms with E-state index < -0.39 is 21.7 Å². The summed E-state index contributed by atoms with van der Waals surface area (Å²) >= 11 is 0. The lowest BCUT2D eigenvalue weighted by atomic mass is 9.91. The molecular weight excluding hydrogens is 272 g/mol. The molecule has 1 unspecified atom stereocenters. The molecule has 1 saturated heterocycles. The molecule has 1 atom stereocenters. The fourth-order valence-electron chi connectivity index (χ4n) is 2.46. The maximum atomic E-state index is 13.7. The molecular formula is C13H17F2NO2S. The first kappa shape index (κ1) is 14.4. The summed E-state index contributed by atoms with van der Waals surface area (Å²) in [6.07, 6.45) is 1.34. The van der Waals surface area contributed by atoms with E-state index in [1.165, 1.54) is 10.4 Å². The zero-order valence-electron chi connectivity index (χ0n) is 10.8. The van der Waals surface area contributed by atoms with E-state index in [4.69, 9.17) is 0 Å². The van der Waals surface area contributed by atoms with Gasteiger partial charge in [0.1, 0.15) is 11.6 Å². The Hall–Kier alpha value is -1.01. The second kappa shape index (κ2) is 5.54. The van der Waals surface area contributed by atoms with Gasteiger partial charge >= 0.3 is 0 Å². The van der Waals surface area contributed by atoms with E-state index in [2.05, 4.69) is 0 Å². The normalized spacial score (nSPS) is 21.5. The third kappa shape index (κ3) is 3.12. The largest absolute Gasteiger partial charge is 0.213 e. The van der Waals surface area contributed by atoms with Crippen molar-refractivity contribution in [1.29, 1.82) is 0 Å². The van der Waals surface area contributed by atoms with Crippen LogP contribution in [0, 0.1) is 11.6 Å². The first-order chi connectivity index (χ1) is 8.94. The minimum atomic E-state index is -3.27. The molecule has 0 aliphatic carbocycles. The molecule has 0 amide bonds. The zero-order valence-corrected chi connectivity index (χ0v) is 11.6. The van der Waals surface area contributed by atoms with Gasteiger partial charge in [-0.05, 0) is 43.5 Å². The molecule has 3 nitrogen and oxygen atoms in total. The van der Waals surface area contributed by atoms with Crippen LogP contribution in [-0.2, 0) is 10.0 Å². The molecule has 1 aromatic rings. The third-order valence-electron chi connectivity index (χ3n) is 3.54. The van der Waals surface area contributed by atoms with Crippen LogP contribution in [0.3, 0.4) is 0 Å². The van der Waals surface area contributed by atoms with Gasteiger partial charge in [0, 0.05) is 19.0 Å². The van der Waals surface area contributed by atoms with Gasteiger partial charge < -0.3 is 0 Å². The van der Waals surface area contributed by atoms with E-state index in [9.17, 15) is 17.2 Å². The summed E-state index contributed by atoms with van der Waals surface area (Å²) in [5.74, 6) is -1.20. The van der Waals surface area contributed by atoms with Gasteiger partial charge in [0.25, 0.3) is 0 Å². The van der Waals surface area contributed by atoms with Crippen LogP contribution in [0.1, 0.15) is 31.2 Å². The first-order valence-electron chi connectivity index (χ1n) is 6.37. The molecule has 1 aliphatic heterocycles. The van der Waals surface area contributed by atoms with E-state index in [1.807, 2.05) is 0 Å². The number of sulfonamides is 1. The Bertz CT molecular complexity index is 560. The van der Waals surface area contributed by atoms with Gasteiger partial charge in [-0.2, -0.15) is 0 Å². The highest BCUT2D eigenvalue weighted by Gasteiger charge is 2.29. The van der Waals surface area contributed by atoms with Crippen molar-refractivity contribution in [2.75, 3.05) is 18.8 Å². The summed E-state index contributed by atoms with van der Waals surface area (Å²) in [5.41, 5.74) is 0.274. The van der Waals surface area contributed by atoms with Crippen LogP contribution in [0.15, 0.2) is 18.2 Å². The maximum absolute atomic E-state index is 13.7. The maximum Gasteiger partial charge on any atom is 0.213 e. The average Bonchev–Trinajstić information content (AvgIpc) is 2.41. The second-order valence-corrected chi connectivity index (χ2v) is 7.02. The minimum absolute atomic E-state index is 0.0331. The molecule has 1 fully saturated rings. The van der Waals surface area contributed by atoms with Crippen LogP contribution in [0.4, 0.5) is 8.78 Å². The molecule has 0 aromatic heterocycles. The zero-order chi connectivity index (χ0) is 14.0. The summed E-state index contributed by atoms with van der Waals surface area (Å²) in [7, 11) is -3.27. The van der Waals surface area contributed by atoms with Crippen molar-refractivity contribution >= 4 is 10.0 Å². The number of hydrogen-bond acceptors (Lipinski definition) is 2. The van der Waals surface area contributed by atoms with Gasteiger partial charge in [-0.25, -0.2) is 21.5 Å². The molecule has 1 heterocycles. The highest BCUT2D eigenvalue weighted by atomic mass is 32.2. The topological polar surface area (TPSA) is 37.4 Å². The van der Waals surface area contributed by atoms with Crippen LogP contribution in [0.2, 0.25) is 0 Å². The Labute approximate surface area is 112 Å². The summed E-state index contributed by atoms with van der Waals surface area (Å²) < 4.78 is 52.0. The van der Waals surface area contributed by atoms with E-state index in [-0.39, 0.29) is 23.8 Å². The quantitative estimate of drug-likeness (QED) is 0.857. The molecule has 0 saturated carbocycles. The van der Waals surface area contributed by atoms with Crippen molar-refractivity contribution in [3.63, 3.8) is 0 Å². The fraction of sp³-hybridized carbons (Fsp3) is 0.538. The van der Waals surface area contributed by atoms with Gasteiger partial charge in [0.05, 0.1) is 5.75 Å². The molecule has 0 radical (unpaired) electrons. The van der Waals surface area contributed by atoms with Gasteiger partial charge in [-0.3, -0.25) is 0 Å². The van der Waals surface area contributed by atoms with E-state index in [1.54, 1.807) is 6.92 Å². The van der Waals surface area contributed by atoms with Crippen molar-refractivity contribution in [3.8, 4) is 0 Å². The molecule has 19 heavy (non-hydrogen) atoms. The minimum Gasteiger partial charge on any atom is -0.212 e. The van der Waals surface area contributed by atoms with Crippen LogP contribution in [-0.4, -0.2) is 31.6 Å². The van der Waals surface area contributed by atoms with Gasteiger partial charge in [0.15, 0.2) is 0 Å². The number of rotatable bonds is 3. The number of hydrogen-bond donors (Lipinski definition) is 0. The third-order valence-corrected chi connectivity index (χ3v) is 5.39. The van der Waals surface area contributed by atoms with E-state index in [0.717, 1.165) is 12.1 Å². The molecule has 0 bridgehead atoms. The standard InChI is InChI=1S/C13H17F2NO2S/c1-2-19(17,18)16-7-3-4-10(9-16)12-8-11(14)5-6-13(12)15/h5-6,8,10H,2-4,7,9H2,1H3. The highest BCUT2D eigenvalue weighted by molar-refractivity contribution is 7.89. The molecule has 6 heteroatoms. The second-order valence-electron chi connectivity index (χ2n) is 4.76. The Morgan fingerprint density at radius 2 is 2.11 bits per heavy atom. The monoisotopic (exact) mass is 289 g/mol. The Morgan fingerprint density at radius 1 is 1.37 bits per heavy atom. The predicted octanol–water partition coefficient (Wildman–Crippen LogP) is 2.49. The number of piperidine rings is 1. The van der Waals surface area contributed by atoms with Crippen molar-refractivity contribution in [2.24, 2.45) is 0 Å². The van der Waals surface area contributed by atoms with E-state index in [0.29, 0.717) is 19.4 Å². The summed E-state index contributed by atoms with van der Waals surface area (Å²) in [4.78, 5) is 0. The molecule has 0 spiro atoms. The summed E-state index contributed by atoms with van der Waals surface area (Å²) in [5, 5.41) is 0. The van der Waals surface area contributed by atoms with Crippen molar-refractivity contribution in [3.05, 3.63) is 35.4 Å². The lowest BCUT2D eigenvalue weighted by molar-refractivity contribution is 0.311. The summed E-state index contributed by atoms with van der Waals surface area (Å²) in [6, 6.07) is 3.34. The molecule has 1 aliphatic rings. The first-order valence-corrected chi connectivity index (χ1v) is 7.97. The lowest BCUT2D eigenvalue weighted by Gasteiger charge is -2.32. The van der Waals surface area contributed by atoms with Crippen LogP contribution < -0.4 is 0 Å². The molecule has 1 aromatic carbocycles. The molecule has 106 valence electrons. The van der Waals surface area contributed by atoms with Gasteiger partial charge in [0.2, 0.25) is 10.0 Å². The molecule has 2 rings (SSSR count). The Balaban J connectivity index is 2.24. The molecule has 0 N–H and O–H groups in total. The van der Waals surface area contributed by atoms with Crippen molar-refractivity contribution in [2.45, 2.75) is 25.7 Å². The number of halogens is 2. The van der Waals surface area contributed by atoms with Crippen LogP contribution in [0.5, 0.6) is 0 Å². The van der Waals surface area contributed by atoms with Gasteiger partial charge in [-0.15, -0.1) is 0 Å². The summed E-state index contributed by atoms with van der Waals surface area (Å²) in [6.45, 7) is 2.28. The van der Waals surface area contributed by atoms with Crippen molar-refractivity contribution < 1.29 is 17.2 Å². The Morgan fingerprint density at radius 3 is 2.79 bits per heavy atom. The Kier molecular flexibility index (Phi) is 4.20. The van der Waals surface area contributed by atoms with Crippen LogP contribution in [0.25, 0.3) is 0 Å². The number of nitrogens with zero attached hydrogens (tertiary/aromatic N) is 1. The predicted molar refractivity (Wildman–Crippen MR) is 69.4 cm³/mol. The van der Waals surface area contributed by atoms with Gasteiger partial charge in [-0.1, -0.05) is 0 Å². The highest BCUT2D eigenvalue weighted by Crippen LogP contribution is 2.30.